The van der Waals surface area contributed by atoms with Gasteiger partial charge >= 0.3 is 0 Å². The highest BCUT2D eigenvalue weighted by Crippen LogP contribution is 2.22. The summed E-state index contributed by atoms with van der Waals surface area (Å²) in [7, 11) is -3.26. The predicted molar refractivity (Wildman–Crippen MR) is 64.4 cm³/mol. The van der Waals surface area contributed by atoms with Crippen LogP contribution < -0.4 is 0 Å². The first-order valence-electron chi connectivity index (χ1n) is 5.73. The van der Waals surface area contributed by atoms with E-state index in [4.69, 9.17) is 0 Å². The van der Waals surface area contributed by atoms with E-state index < -0.39 is 10.0 Å². The minimum Gasteiger partial charge on any atom is -0.212 e. The van der Waals surface area contributed by atoms with E-state index in [1.54, 1.807) is 4.31 Å². The summed E-state index contributed by atoms with van der Waals surface area (Å²) in [4.78, 5) is 0. The zero-order chi connectivity index (χ0) is 12.5. The topological polar surface area (TPSA) is 37.4 Å². The maximum absolute atomic E-state index is 12.7. The van der Waals surface area contributed by atoms with Gasteiger partial charge in [-0.1, -0.05) is 12.1 Å². The van der Waals surface area contributed by atoms with Gasteiger partial charge < -0.3 is 0 Å². The van der Waals surface area contributed by atoms with Crippen LogP contribution in [0.15, 0.2) is 24.3 Å². The van der Waals surface area contributed by atoms with Gasteiger partial charge in [0.05, 0.1) is 5.75 Å². The second-order valence-electron chi connectivity index (χ2n) is 4.48. The highest BCUT2D eigenvalue weighted by Gasteiger charge is 2.31. The molecule has 1 aromatic carbocycles. The van der Waals surface area contributed by atoms with Gasteiger partial charge in [-0.3, -0.25) is 0 Å². The third-order valence-electron chi connectivity index (χ3n) is 3.11. The van der Waals surface area contributed by atoms with Gasteiger partial charge in [0, 0.05) is 12.6 Å². The molecule has 17 heavy (non-hydrogen) atoms. The highest BCUT2D eigenvalue weighted by molar-refractivity contribution is 7.88. The maximum Gasteiger partial charge on any atom is 0.218 e. The van der Waals surface area contributed by atoms with Crippen LogP contribution in [0.5, 0.6) is 0 Å². The summed E-state index contributed by atoms with van der Waals surface area (Å²) in [6.07, 6.45) is 1.84. The van der Waals surface area contributed by atoms with Crippen molar-refractivity contribution in [3.05, 3.63) is 35.6 Å². The normalized spacial score (nSPS) is 21.9. The van der Waals surface area contributed by atoms with Crippen LogP contribution in [0.4, 0.5) is 4.39 Å². The fraction of sp³-hybridized carbons (Fsp3) is 0.500. The molecule has 1 saturated heterocycles. The molecule has 1 aliphatic rings. The van der Waals surface area contributed by atoms with E-state index in [1.807, 2.05) is 6.92 Å². The molecule has 3 nitrogen and oxygen atoms in total. The summed E-state index contributed by atoms with van der Waals surface area (Å²) >= 11 is 0. The van der Waals surface area contributed by atoms with Gasteiger partial charge in [0.15, 0.2) is 0 Å². The van der Waals surface area contributed by atoms with Crippen molar-refractivity contribution in [1.82, 2.24) is 4.31 Å². The first-order chi connectivity index (χ1) is 7.99. The highest BCUT2D eigenvalue weighted by atomic mass is 32.2. The van der Waals surface area contributed by atoms with Crippen molar-refractivity contribution in [1.29, 1.82) is 0 Å². The second-order valence-corrected chi connectivity index (χ2v) is 6.41. The third-order valence-corrected chi connectivity index (χ3v) is 5.07. The van der Waals surface area contributed by atoms with Gasteiger partial charge in [0.25, 0.3) is 0 Å². The van der Waals surface area contributed by atoms with Crippen LogP contribution in [-0.2, 0) is 15.8 Å². The van der Waals surface area contributed by atoms with E-state index >= 15 is 0 Å². The molecular weight excluding hydrogens is 241 g/mol. The number of halogens is 1. The first-order valence-corrected chi connectivity index (χ1v) is 7.34. The molecule has 0 N–H and O–H groups in total. The zero-order valence-electron chi connectivity index (χ0n) is 9.77. The fourth-order valence-electron chi connectivity index (χ4n) is 2.19. The van der Waals surface area contributed by atoms with Gasteiger partial charge in [-0.2, -0.15) is 4.31 Å². The van der Waals surface area contributed by atoms with Crippen molar-refractivity contribution in [2.45, 2.75) is 31.6 Å². The lowest BCUT2D eigenvalue weighted by Crippen LogP contribution is -2.34. The lowest BCUT2D eigenvalue weighted by Gasteiger charge is -2.20. The molecule has 0 radical (unpaired) electrons. The Morgan fingerprint density at radius 1 is 1.35 bits per heavy atom. The van der Waals surface area contributed by atoms with Crippen molar-refractivity contribution in [3.8, 4) is 0 Å². The van der Waals surface area contributed by atoms with Crippen molar-refractivity contribution in [3.63, 3.8) is 0 Å². The molecule has 1 aliphatic heterocycles. The van der Waals surface area contributed by atoms with Crippen LogP contribution in [-0.4, -0.2) is 25.3 Å². The van der Waals surface area contributed by atoms with Crippen LogP contribution in [0.2, 0.25) is 0 Å². The zero-order valence-corrected chi connectivity index (χ0v) is 10.6. The average molecular weight is 257 g/mol. The molecule has 1 fully saturated rings. The van der Waals surface area contributed by atoms with Crippen LogP contribution in [0.1, 0.15) is 25.3 Å². The molecule has 1 atom stereocenters. The number of nitrogens with zero attached hydrogens (tertiary/aromatic N) is 1. The number of benzene rings is 1. The van der Waals surface area contributed by atoms with E-state index in [-0.39, 0.29) is 17.6 Å². The molecule has 0 bridgehead atoms. The van der Waals surface area contributed by atoms with Gasteiger partial charge in [0.2, 0.25) is 10.0 Å². The van der Waals surface area contributed by atoms with Crippen LogP contribution in [0.25, 0.3) is 0 Å². The van der Waals surface area contributed by atoms with Crippen molar-refractivity contribution < 1.29 is 12.8 Å². The molecule has 1 aromatic rings. The van der Waals surface area contributed by atoms with Crippen molar-refractivity contribution in [2.24, 2.45) is 0 Å². The van der Waals surface area contributed by atoms with E-state index in [0.717, 1.165) is 12.8 Å². The molecule has 0 aliphatic carbocycles. The fourth-order valence-corrected chi connectivity index (χ4v) is 4.03. The number of sulfonamides is 1. The SMILES string of the molecule is CC1CCCN1S(=O)(=O)Cc1ccc(F)cc1. The second kappa shape index (κ2) is 4.74. The smallest absolute Gasteiger partial charge is 0.212 e. The van der Waals surface area contributed by atoms with Crippen LogP contribution in [0.3, 0.4) is 0 Å². The van der Waals surface area contributed by atoms with E-state index in [2.05, 4.69) is 0 Å². The van der Waals surface area contributed by atoms with Crippen LogP contribution in [0, 0.1) is 5.82 Å². The minimum atomic E-state index is -3.26. The first kappa shape index (κ1) is 12.5. The summed E-state index contributed by atoms with van der Waals surface area (Å²) in [5.74, 6) is -0.391. The summed E-state index contributed by atoms with van der Waals surface area (Å²) in [6.45, 7) is 2.53. The maximum atomic E-state index is 12.7. The average Bonchev–Trinajstić information content (AvgIpc) is 2.68. The van der Waals surface area contributed by atoms with Crippen molar-refractivity contribution >= 4 is 10.0 Å². The molecule has 1 heterocycles. The van der Waals surface area contributed by atoms with Gasteiger partial charge in [0.1, 0.15) is 5.82 Å². The molecule has 0 spiro atoms. The molecular formula is C12H16FNO2S. The Balaban J connectivity index is 2.14. The number of rotatable bonds is 3. The Morgan fingerprint density at radius 3 is 2.53 bits per heavy atom. The number of hydrogen-bond acceptors (Lipinski definition) is 2. The molecule has 5 heteroatoms. The quantitative estimate of drug-likeness (QED) is 0.832. The summed E-state index contributed by atoms with van der Waals surface area (Å²) < 4.78 is 38.5. The molecule has 0 amide bonds. The third kappa shape index (κ3) is 2.84. The van der Waals surface area contributed by atoms with Gasteiger partial charge in [-0.05, 0) is 37.5 Å². The minimum absolute atomic E-state index is 0.0440. The largest absolute Gasteiger partial charge is 0.218 e. The Bertz CT molecular complexity index is 484. The van der Waals surface area contributed by atoms with E-state index in [9.17, 15) is 12.8 Å². The molecule has 0 aromatic heterocycles. The molecule has 2 rings (SSSR count). The Labute approximate surface area is 101 Å². The summed E-state index contributed by atoms with van der Waals surface area (Å²) in [5.41, 5.74) is 0.630. The van der Waals surface area contributed by atoms with E-state index in [0.29, 0.717) is 12.1 Å². The predicted octanol–water partition coefficient (Wildman–Crippen LogP) is 2.14. The summed E-state index contributed by atoms with van der Waals surface area (Å²) in [5, 5.41) is 0. The monoisotopic (exact) mass is 257 g/mol. The Hall–Kier alpha value is -0.940. The summed E-state index contributed by atoms with van der Waals surface area (Å²) in [6, 6.07) is 5.71. The molecule has 1 unspecified atom stereocenters. The standard InChI is InChI=1S/C12H16FNO2S/c1-10-3-2-8-14(10)17(15,16)9-11-4-6-12(13)7-5-11/h4-7,10H,2-3,8-9H2,1H3. The Morgan fingerprint density at radius 2 is 2.00 bits per heavy atom. The molecule has 94 valence electrons. The Kier molecular flexibility index (Phi) is 3.49. The lowest BCUT2D eigenvalue weighted by molar-refractivity contribution is 0.407. The van der Waals surface area contributed by atoms with Crippen molar-refractivity contribution in [2.75, 3.05) is 6.54 Å². The van der Waals surface area contributed by atoms with Gasteiger partial charge in [-0.25, -0.2) is 12.8 Å². The van der Waals surface area contributed by atoms with E-state index in [1.165, 1.54) is 24.3 Å². The van der Waals surface area contributed by atoms with Crippen LogP contribution >= 0.6 is 0 Å². The lowest BCUT2D eigenvalue weighted by atomic mass is 10.2. The number of hydrogen-bond donors (Lipinski definition) is 0. The van der Waals surface area contributed by atoms with Gasteiger partial charge in [-0.15, -0.1) is 0 Å². The molecule has 0 saturated carbocycles.